The van der Waals surface area contributed by atoms with Crippen LogP contribution in [0.4, 0.5) is 0 Å². The molecule has 0 radical (unpaired) electrons. The summed E-state index contributed by atoms with van der Waals surface area (Å²) in [5.41, 5.74) is -0.700. The van der Waals surface area contributed by atoms with Gasteiger partial charge in [0.15, 0.2) is 0 Å². The summed E-state index contributed by atoms with van der Waals surface area (Å²) in [4.78, 5) is 48.5. The third kappa shape index (κ3) is 4.09. The summed E-state index contributed by atoms with van der Waals surface area (Å²) in [5.74, 6) is -2.36. The first kappa shape index (κ1) is 17.4. The van der Waals surface area contributed by atoms with Crippen molar-refractivity contribution >= 4 is 23.7 Å². The summed E-state index contributed by atoms with van der Waals surface area (Å²) in [7, 11) is 0. The molecule has 2 unspecified atom stereocenters. The van der Waals surface area contributed by atoms with Crippen molar-refractivity contribution in [3.05, 3.63) is 0 Å². The van der Waals surface area contributed by atoms with Gasteiger partial charge in [-0.1, -0.05) is 12.8 Å². The fourth-order valence-electron chi connectivity index (χ4n) is 3.43. The maximum Gasteiger partial charge on any atom is 0.303 e. The van der Waals surface area contributed by atoms with Crippen molar-refractivity contribution in [3.63, 3.8) is 0 Å². The highest BCUT2D eigenvalue weighted by atomic mass is 16.4. The molecule has 2 atom stereocenters. The van der Waals surface area contributed by atoms with Crippen LogP contribution in [-0.2, 0) is 19.2 Å². The zero-order chi connectivity index (χ0) is 17.2. The number of carboxylic acid groups (broad SMARTS) is 1. The van der Waals surface area contributed by atoms with Gasteiger partial charge in [0.25, 0.3) is 0 Å². The van der Waals surface area contributed by atoms with E-state index < -0.39 is 17.4 Å². The molecule has 128 valence electrons. The standard InChI is InChI=1S/C16H24N2O5/c1-16(2,8-7-13(20)21)17-12(19)9-18-14(22)10-5-3-4-6-11(10)15(18)23/h10-11H,3-9H2,1-2H3,(H,17,19)(H,20,21). The number of nitrogens with zero attached hydrogens (tertiary/aromatic N) is 1. The van der Waals surface area contributed by atoms with Gasteiger partial charge in [-0.25, -0.2) is 0 Å². The number of hydrogen-bond acceptors (Lipinski definition) is 4. The highest BCUT2D eigenvalue weighted by molar-refractivity contribution is 6.07. The monoisotopic (exact) mass is 324 g/mol. The van der Waals surface area contributed by atoms with Crippen LogP contribution in [0.25, 0.3) is 0 Å². The Morgan fingerprint density at radius 2 is 1.70 bits per heavy atom. The summed E-state index contributed by atoms with van der Waals surface area (Å²) in [6.45, 7) is 3.17. The highest BCUT2D eigenvalue weighted by Gasteiger charge is 2.48. The number of imide groups is 1. The summed E-state index contributed by atoms with van der Waals surface area (Å²) in [6.07, 6.45) is 3.56. The Labute approximate surface area is 135 Å². The lowest BCUT2D eigenvalue weighted by atomic mass is 9.81. The normalized spacial score (nSPS) is 24.5. The molecular weight excluding hydrogens is 300 g/mol. The molecule has 1 saturated carbocycles. The molecule has 0 spiro atoms. The molecule has 0 bridgehead atoms. The minimum atomic E-state index is -0.929. The van der Waals surface area contributed by atoms with Gasteiger partial charge in [-0.3, -0.25) is 24.1 Å². The SMILES string of the molecule is CC(C)(CCC(=O)O)NC(=O)CN1C(=O)C2CCCCC2C1=O. The fourth-order valence-corrected chi connectivity index (χ4v) is 3.43. The van der Waals surface area contributed by atoms with Gasteiger partial charge in [-0.2, -0.15) is 0 Å². The summed E-state index contributed by atoms with van der Waals surface area (Å²) in [6, 6.07) is 0. The van der Waals surface area contributed by atoms with Crippen molar-refractivity contribution in [2.24, 2.45) is 11.8 Å². The molecule has 0 aromatic heterocycles. The molecule has 1 heterocycles. The Morgan fingerprint density at radius 3 is 2.17 bits per heavy atom. The first-order valence-corrected chi connectivity index (χ1v) is 8.09. The van der Waals surface area contributed by atoms with Crippen LogP contribution in [-0.4, -0.2) is 45.8 Å². The van der Waals surface area contributed by atoms with Crippen molar-refractivity contribution < 1.29 is 24.3 Å². The van der Waals surface area contributed by atoms with E-state index >= 15 is 0 Å². The number of carbonyl (C=O) groups excluding carboxylic acids is 3. The lowest BCUT2D eigenvalue weighted by Gasteiger charge is -2.26. The number of carbonyl (C=O) groups is 4. The molecule has 2 fully saturated rings. The van der Waals surface area contributed by atoms with Crippen molar-refractivity contribution in [2.75, 3.05) is 6.54 Å². The van der Waals surface area contributed by atoms with Crippen molar-refractivity contribution in [3.8, 4) is 0 Å². The van der Waals surface area contributed by atoms with Crippen molar-refractivity contribution in [1.29, 1.82) is 0 Å². The Morgan fingerprint density at radius 1 is 1.17 bits per heavy atom. The number of nitrogens with one attached hydrogen (secondary N) is 1. The van der Waals surface area contributed by atoms with Crippen LogP contribution in [0, 0.1) is 11.8 Å². The van der Waals surface area contributed by atoms with E-state index in [0.29, 0.717) is 0 Å². The largest absolute Gasteiger partial charge is 0.481 e. The van der Waals surface area contributed by atoms with E-state index in [1.807, 2.05) is 0 Å². The third-order valence-electron chi connectivity index (χ3n) is 4.68. The predicted molar refractivity (Wildman–Crippen MR) is 81.3 cm³/mol. The molecule has 2 N–H and O–H groups in total. The van der Waals surface area contributed by atoms with Gasteiger partial charge in [0.1, 0.15) is 6.54 Å². The Bertz CT molecular complexity index is 505. The topological polar surface area (TPSA) is 104 Å². The third-order valence-corrected chi connectivity index (χ3v) is 4.68. The fraction of sp³-hybridized carbons (Fsp3) is 0.750. The number of hydrogen-bond donors (Lipinski definition) is 2. The molecule has 1 aliphatic heterocycles. The van der Waals surface area contributed by atoms with Crippen LogP contribution in [0.3, 0.4) is 0 Å². The van der Waals surface area contributed by atoms with E-state index in [1.165, 1.54) is 0 Å². The number of aliphatic carboxylic acids is 1. The summed E-state index contributed by atoms with van der Waals surface area (Å²) in [5, 5.41) is 11.4. The first-order chi connectivity index (χ1) is 10.7. The average molecular weight is 324 g/mol. The number of carboxylic acids is 1. The van der Waals surface area contributed by atoms with Crippen LogP contribution < -0.4 is 5.32 Å². The molecule has 1 aliphatic carbocycles. The molecular formula is C16H24N2O5. The maximum atomic E-state index is 12.3. The van der Waals surface area contributed by atoms with E-state index in [0.717, 1.165) is 30.6 Å². The Kier molecular flexibility index (Phi) is 5.06. The minimum Gasteiger partial charge on any atom is -0.481 e. The van der Waals surface area contributed by atoms with E-state index in [1.54, 1.807) is 13.8 Å². The Balaban J connectivity index is 1.93. The van der Waals surface area contributed by atoms with Crippen LogP contribution in [0.15, 0.2) is 0 Å². The van der Waals surface area contributed by atoms with Crippen LogP contribution in [0.5, 0.6) is 0 Å². The number of fused-ring (bicyclic) bond motifs is 1. The van der Waals surface area contributed by atoms with Gasteiger partial charge in [0, 0.05) is 12.0 Å². The lowest BCUT2D eigenvalue weighted by molar-refractivity contribution is -0.144. The maximum absolute atomic E-state index is 12.3. The molecule has 2 rings (SSSR count). The molecule has 0 aromatic rings. The van der Waals surface area contributed by atoms with E-state index in [2.05, 4.69) is 5.32 Å². The molecule has 1 saturated heterocycles. The lowest BCUT2D eigenvalue weighted by Crippen LogP contribution is -2.49. The van der Waals surface area contributed by atoms with Crippen molar-refractivity contribution in [1.82, 2.24) is 10.2 Å². The molecule has 2 aliphatic rings. The second kappa shape index (κ2) is 6.68. The smallest absolute Gasteiger partial charge is 0.303 e. The summed E-state index contributed by atoms with van der Waals surface area (Å²) >= 11 is 0. The first-order valence-electron chi connectivity index (χ1n) is 8.09. The zero-order valence-electron chi connectivity index (χ0n) is 13.6. The molecule has 7 nitrogen and oxygen atoms in total. The molecule has 7 heteroatoms. The van der Waals surface area contributed by atoms with Crippen molar-refractivity contribution in [2.45, 2.75) is 57.9 Å². The van der Waals surface area contributed by atoms with E-state index in [4.69, 9.17) is 5.11 Å². The van der Waals surface area contributed by atoms with Gasteiger partial charge in [-0.05, 0) is 33.1 Å². The number of amides is 3. The molecule has 0 aromatic carbocycles. The Hall–Kier alpha value is -1.92. The van der Waals surface area contributed by atoms with Crippen LogP contribution in [0.1, 0.15) is 52.4 Å². The van der Waals surface area contributed by atoms with Crippen LogP contribution >= 0.6 is 0 Å². The van der Waals surface area contributed by atoms with Gasteiger partial charge in [0.05, 0.1) is 11.8 Å². The van der Waals surface area contributed by atoms with Gasteiger partial charge in [0.2, 0.25) is 17.7 Å². The second-order valence-electron chi connectivity index (χ2n) is 7.09. The quantitative estimate of drug-likeness (QED) is 0.707. The summed E-state index contributed by atoms with van der Waals surface area (Å²) < 4.78 is 0. The van der Waals surface area contributed by atoms with E-state index in [-0.39, 0.29) is 43.0 Å². The highest BCUT2D eigenvalue weighted by Crippen LogP contribution is 2.37. The predicted octanol–water partition coefficient (Wildman–Crippen LogP) is 0.921. The van der Waals surface area contributed by atoms with E-state index in [9.17, 15) is 19.2 Å². The molecule has 3 amide bonds. The van der Waals surface area contributed by atoms with Crippen LogP contribution in [0.2, 0.25) is 0 Å². The number of likely N-dealkylation sites (tertiary alicyclic amines) is 1. The van der Waals surface area contributed by atoms with Gasteiger partial charge < -0.3 is 10.4 Å². The van der Waals surface area contributed by atoms with Gasteiger partial charge >= 0.3 is 5.97 Å². The minimum absolute atomic E-state index is 0.0565. The average Bonchev–Trinajstić information content (AvgIpc) is 2.70. The second-order valence-corrected chi connectivity index (χ2v) is 7.09. The van der Waals surface area contributed by atoms with Gasteiger partial charge in [-0.15, -0.1) is 0 Å². The molecule has 23 heavy (non-hydrogen) atoms. The number of rotatable bonds is 6. The zero-order valence-corrected chi connectivity index (χ0v) is 13.6.